The Hall–Kier alpha value is -2.84. The van der Waals surface area contributed by atoms with Crippen LogP contribution in [0.3, 0.4) is 0 Å². The average Bonchev–Trinajstić information content (AvgIpc) is 3.37. The van der Waals surface area contributed by atoms with Crippen LogP contribution in [-0.4, -0.2) is 22.3 Å². The van der Waals surface area contributed by atoms with E-state index in [0.29, 0.717) is 11.6 Å². The zero-order valence-corrected chi connectivity index (χ0v) is 16.1. The summed E-state index contributed by atoms with van der Waals surface area (Å²) in [5, 5.41) is 12.4. The predicted molar refractivity (Wildman–Crippen MR) is 108 cm³/mol. The Morgan fingerprint density at radius 1 is 1.07 bits per heavy atom. The number of hydrogen-bond donors (Lipinski definition) is 1. The van der Waals surface area contributed by atoms with Crippen molar-refractivity contribution in [1.82, 2.24) is 15.2 Å². The molecule has 0 bridgehead atoms. The number of nitrogens with one attached hydrogen (secondary N) is 1. The van der Waals surface area contributed by atoms with Gasteiger partial charge in [0.05, 0.1) is 12.8 Å². The number of ether oxygens (including phenoxy) is 1. The fraction of sp³-hybridized carbons (Fsp3) is 0.105. The lowest BCUT2D eigenvalue weighted by atomic mass is 10.2. The third-order valence-electron chi connectivity index (χ3n) is 3.66. The lowest BCUT2D eigenvalue weighted by Gasteiger charge is -1.99. The van der Waals surface area contributed by atoms with Crippen molar-refractivity contribution in [3.05, 3.63) is 66.6 Å². The van der Waals surface area contributed by atoms with E-state index in [1.165, 1.54) is 11.3 Å². The first-order valence-corrected chi connectivity index (χ1v) is 9.97. The Bertz CT molecular complexity index is 1000. The molecule has 0 saturated heterocycles. The fourth-order valence-corrected chi connectivity index (χ4v) is 3.99. The summed E-state index contributed by atoms with van der Waals surface area (Å²) < 4.78 is 11.6. The van der Waals surface area contributed by atoms with Gasteiger partial charge < -0.3 is 14.5 Å². The molecule has 0 atom stereocenters. The molecule has 6 nitrogen and oxygen atoms in total. The highest BCUT2D eigenvalue weighted by molar-refractivity contribution is 8.00. The minimum atomic E-state index is 0.594. The monoisotopic (exact) mass is 396 g/mol. The maximum Gasteiger partial charge on any atom is 0.226 e. The third kappa shape index (κ3) is 4.47. The number of para-hydroxylation sites is 1. The number of aromatic nitrogens is 3. The maximum absolute atomic E-state index is 5.59. The molecule has 1 N–H and O–H groups in total. The van der Waals surface area contributed by atoms with E-state index >= 15 is 0 Å². The van der Waals surface area contributed by atoms with Crippen molar-refractivity contribution < 1.29 is 9.15 Å². The Balaban J connectivity index is 1.36. The summed E-state index contributed by atoms with van der Waals surface area (Å²) in [7, 11) is 1.64. The fourth-order valence-electron chi connectivity index (χ4n) is 2.34. The number of oxazole rings is 1. The normalized spacial score (nSPS) is 10.7. The van der Waals surface area contributed by atoms with Crippen LogP contribution in [0.4, 0.5) is 10.8 Å². The summed E-state index contributed by atoms with van der Waals surface area (Å²) in [6.07, 6.45) is 1.68. The second-order valence-corrected chi connectivity index (χ2v) is 7.73. The van der Waals surface area contributed by atoms with E-state index in [2.05, 4.69) is 20.5 Å². The Morgan fingerprint density at radius 2 is 1.89 bits per heavy atom. The first-order valence-electron chi connectivity index (χ1n) is 8.17. The molecule has 0 aliphatic carbocycles. The van der Waals surface area contributed by atoms with E-state index in [4.69, 9.17) is 9.15 Å². The van der Waals surface area contributed by atoms with E-state index in [-0.39, 0.29) is 0 Å². The van der Waals surface area contributed by atoms with Gasteiger partial charge in [-0.1, -0.05) is 41.3 Å². The van der Waals surface area contributed by atoms with Crippen LogP contribution in [0.1, 0.15) is 5.69 Å². The molecule has 136 valence electrons. The predicted octanol–water partition coefficient (Wildman–Crippen LogP) is 5.24. The number of rotatable bonds is 7. The highest BCUT2D eigenvalue weighted by Gasteiger charge is 2.10. The van der Waals surface area contributed by atoms with Gasteiger partial charge in [-0.3, -0.25) is 0 Å². The van der Waals surface area contributed by atoms with E-state index in [1.54, 1.807) is 25.1 Å². The van der Waals surface area contributed by atoms with Crippen LogP contribution in [0, 0.1) is 0 Å². The van der Waals surface area contributed by atoms with Crippen LogP contribution in [0.2, 0.25) is 0 Å². The smallest absolute Gasteiger partial charge is 0.226 e. The summed E-state index contributed by atoms with van der Waals surface area (Å²) in [6, 6.07) is 17.5. The number of hydrogen-bond acceptors (Lipinski definition) is 8. The SMILES string of the molecule is COc1ccc(-c2nc(CSc3nnc(Nc4ccccc4)s3)co2)cc1. The van der Waals surface area contributed by atoms with Crippen molar-refractivity contribution in [3.8, 4) is 17.2 Å². The molecule has 2 aromatic carbocycles. The molecule has 0 amide bonds. The van der Waals surface area contributed by atoms with Crippen LogP contribution in [0.25, 0.3) is 11.5 Å². The largest absolute Gasteiger partial charge is 0.497 e. The lowest BCUT2D eigenvalue weighted by Crippen LogP contribution is -1.87. The van der Waals surface area contributed by atoms with Crippen LogP contribution in [0.15, 0.2) is 69.6 Å². The average molecular weight is 396 g/mol. The number of thioether (sulfide) groups is 1. The van der Waals surface area contributed by atoms with Crippen LogP contribution in [0.5, 0.6) is 5.75 Å². The number of methoxy groups -OCH3 is 1. The van der Waals surface area contributed by atoms with E-state index in [0.717, 1.165) is 32.2 Å². The second kappa shape index (κ2) is 8.24. The van der Waals surface area contributed by atoms with Crippen molar-refractivity contribution >= 4 is 33.9 Å². The second-order valence-electron chi connectivity index (χ2n) is 5.53. The highest BCUT2D eigenvalue weighted by Crippen LogP contribution is 2.30. The molecule has 0 saturated carbocycles. The van der Waals surface area contributed by atoms with Crippen molar-refractivity contribution in [3.63, 3.8) is 0 Å². The minimum absolute atomic E-state index is 0.594. The number of anilines is 2. The summed E-state index contributed by atoms with van der Waals surface area (Å²) in [4.78, 5) is 4.54. The molecule has 4 aromatic rings. The lowest BCUT2D eigenvalue weighted by molar-refractivity contribution is 0.415. The molecule has 2 heterocycles. The molecule has 0 aliphatic rings. The molecule has 0 aliphatic heterocycles. The molecular weight excluding hydrogens is 380 g/mol. The molecular formula is C19H16N4O2S2. The highest BCUT2D eigenvalue weighted by atomic mass is 32.2. The van der Waals surface area contributed by atoms with Gasteiger partial charge in [-0.25, -0.2) is 4.98 Å². The molecule has 27 heavy (non-hydrogen) atoms. The molecule has 2 aromatic heterocycles. The van der Waals surface area contributed by atoms with Gasteiger partial charge in [-0.2, -0.15) is 0 Å². The van der Waals surface area contributed by atoms with Crippen molar-refractivity contribution in [2.75, 3.05) is 12.4 Å². The molecule has 8 heteroatoms. The quantitative estimate of drug-likeness (QED) is 0.428. The zero-order valence-electron chi connectivity index (χ0n) is 14.5. The van der Waals surface area contributed by atoms with E-state index in [1.807, 2.05) is 54.6 Å². The van der Waals surface area contributed by atoms with Gasteiger partial charge in [0, 0.05) is 17.0 Å². The standard InChI is InChI=1S/C19H16N4O2S2/c1-24-16-9-7-13(8-10-16)17-20-15(11-25-17)12-26-19-23-22-18(27-19)21-14-5-3-2-4-6-14/h2-11H,12H2,1H3,(H,21,22). The summed E-state index contributed by atoms with van der Waals surface area (Å²) in [5.74, 6) is 2.06. The van der Waals surface area contributed by atoms with Crippen LogP contribution >= 0.6 is 23.1 Å². The number of benzene rings is 2. The molecule has 0 unspecified atom stereocenters. The first kappa shape index (κ1) is 17.6. The van der Waals surface area contributed by atoms with E-state index < -0.39 is 0 Å². The summed E-state index contributed by atoms with van der Waals surface area (Å²) in [6.45, 7) is 0. The molecule has 0 fully saturated rings. The maximum atomic E-state index is 5.59. The molecule has 0 radical (unpaired) electrons. The summed E-state index contributed by atoms with van der Waals surface area (Å²) in [5.41, 5.74) is 2.77. The van der Waals surface area contributed by atoms with Crippen molar-refractivity contribution in [1.29, 1.82) is 0 Å². The van der Waals surface area contributed by atoms with Gasteiger partial charge in [0.2, 0.25) is 11.0 Å². The Kier molecular flexibility index (Phi) is 5.36. The van der Waals surface area contributed by atoms with Crippen molar-refractivity contribution in [2.45, 2.75) is 10.1 Å². The first-order chi connectivity index (χ1) is 13.3. The topological polar surface area (TPSA) is 73.1 Å². The van der Waals surface area contributed by atoms with Gasteiger partial charge in [0.15, 0.2) is 4.34 Å². The number of nitrogens with zero attached hydrogens (tertiary/aromatic N) is 3. The Morgan fingerprint density at radius 3 is 2.67 bits per heavy atom. The van der Waals surface area contributed by atoms with Gasteiger partial charge in [-0.15, -0.1) is 10.2 Å². The third-order valence-corrected chi connectivity index (χ3v) is 5.67. The summed E-state index contributed by atoms with van der Waals surface area (Å²) >= 11 is 3.09. The minimum Gasteiger partial charge on any atom is -0.497 e. The van der Waals surface area contributed by atoms with Gasteiger partial charge in [-0.05, 0) is 36.4 Å². The Labute approximate surface area is 164 Å². The van der Waals surface area contributed by atoms with E-state index in [9.17, 15) is 0 Å². The van der Waals surface area contributed by atoms with Crippen LogP contribution < -0.4 is 10.1 Å². The van der Waals surface area contributed by atoms with Crippen molar-refractivity contribution in [2.24, 2.45) is 0 Å². The zero-order chi connectivity index (χ0) is 18.5. The molecule has 0 spiro atoms. The molecule has 4 rings (SSSR count). The van der Waals surface area contributed by atoms with Gasteiger partial charge >= 0.3 is 0 Å². The van der Waals surface area contributed by atoms with Gasteiger partial charge in [0.1, 0.15) is 12.0 Å². The van der Waals surface area contributed by atoms with Gasteiger partial charge in [0.25, 0.3) is 0 Å². The van der Waals surface area contributed by atoms with Crippen LogP contribution in [-0.2, 0) is 5.75 Å².